The number of carbonyl (C=O) groups excluding carboxylic acids is 1. The fraction of sp³-hybridized carbons (Fsp3) is 0.312. The Morgan fingerprint density at radius 3 is 3.04 bits per heavy atom. The molecule has 0 radical (unpaired) electrons. The molecule has 1 aliphatic rings. The lowest BCUT2D eigenvalue weighted by atomic mass is 10.1. The first kappa shape index (κ1) is 16.3. The minimum absolute atomic E-state index is 0.0630. The molecule has 2 heterocycles. The van der Waals surface area contributed by atoms with Gasteiger partial charge in [-0.25, -0.2) is 0 Å². The molecule has 1 aliphatic heterocycles. The summed E-state index contributed by atoms with van der Waals surface area (Å²) in [6, 6.07) is 4.42. The monoisotopic (exact) mass is 348 g/mol. The first-order valence-corrected chi connectivity index (χ1v) is 7.92. The molecule has 2 N–H and O–H groups in total. The summed E-state index contributed by atoms with van der Waals surface area (Å²) >= 11 is 5.87. The first-order valence-electron chi connectivity index (χ1n) is 7.54. The van der Waals surface area contributed by atoms with Gasteiger partial charge in [-0.05, 0) is 32.0 Å². The van der Waals surface area contributed by atoms with Gasteiger partial charge >= 0.3 is 0 Å². The smallest absolute Gasteiger partial charge is 0.268 e. The zero-order chi connectivity index (χ0) is 17.3. The number of aryl methyl sites for hydroxylation is 1. The van der Waals surface area contributed by atoms with E-state index in [2.05, 4.69) is 15.6 Å². The summed E-state index contributed by atoms with van der Waals surface area (Å²) in [6.45, 7) is 4.72. The lowest BCUT2D eigenvalue weighted by Gasteiger charge is -2.11. The molecule has 0 saturated heterocycles. The minimum Gasteiger partial charge on any atom is -0.506 e. The Balaban J connectivity index is 1.69. The number of amides is 1. The van der Waals surface area contributed by atoms with Crippen LogP contribution in [0.2, 0.25) is 5.02 Å². The van der Waals surface area contributed by atoms with Crippen LogP contribution >= 0.6 is 11.6 Å². The molecule has 0 aliphatic carbocycles. The predicted molar refractivity (Wildman–Crippen MR) is 90.4 cm³/mol. The number of aromatic hydroxyl groups is 1. The van der Waals surface area contributed by atoms with Crippen LogP contribution in [0.4, 0.5) is 5.69 Å². The Hall–Kier alpha value is -2.54. The number of nitrogens with one attached hydrogen (secondary N) is 1. The molecular weight excluding hydrogens is 332 g/mol. The molecule has 0 unspecified atom stereocenters. The summed E-state index contributed by atoms with van der Waals surface area (Å²) in [6.07, 6.45) is 1.30. The summed E-state index contributed by atoms with van der Waals surface area (Å²) in [7, 11) is 0. The van der Waals surface area contributed by atoms with Gasteiger partial charge in [0.1, 0.15) is 5.75 Å². The third-order valence-corrected chi connectivity index (χ3v) is 4.13. The van der Waals surface area contributed by atoms with Gasteiger partial charge in [0.15, 0.2) is 0 Å². The van der Waals surface area contributed by atoms with Crippen LogP contribution in [0.1, 0.15) is 24.6 Å². The highest BCUT2D eigenvalue weighted by Crippen LogP contribution is 2.28. The van der Waals surface area contributed by atoms with Gasteiger partial charge in [0.25, 0.3) is 5.91 Å². The van der Waals surface area contributed by atoms with Crippen LogP contribution < -0.4 is 5.32 Å². The second-order valence-electron chi connectivity index (χ2n) is 5.45. The Labute approximate surface area is 143 Å². The maximum absolute atomic E-state index is 12.3. The fourth-order valence-corrected chi connectivity index (χ4v) is 2.72. The molecule has 8 heteroatoms. The summed E-state index contributed by atoms with van der Waals surface area (Å²) < 4.78 is 1.86. The minimum atomic E-state index is -0.761. The highest BCUT2D eigenvalue weighted by Gasteiger charge is 2.30. The summed E-state index contributed by atoms with van der Waals surface area (Å²) in [5, 5.41) is 21.1. The van der Waals surface area contributed by atoms with Crippen molar-refractivity contribution in [2.24, 2.45) is 5.16 Å². The number of phenols is 1. The lowest BCUT2D eigenvalue weighted by molar-refractivity contribution is -0.125. The van der Waals surface area contributed by atoms with Crippen molar-refractivity contribution in [3.8, 4) is 5.75 Å². The molecule has 24 heavy (non-hydrogen) atoms. The maximum Gasteiger partial charge on any atom is 0.268 e. The second-order valence-corrected chi connectivity index (χ2v) is 5.88. The van der Waals surface area contributed by atoms with E-state index in [1.165, 1.54) is 18.2 Å². The number of phenolic OH excluding ortho intramolecular Hbond substituents is 1. The number of hydrogen-bond donors (Lipinski definition) is 2. The van der Waals surface area contributed by atoms with Gasteiger partial charge in [-0.15, -0.1) is 0 Å². The third kappa shape index (κ3) is 3.07. The molecule has 0 fully saturated rings. The quantitative estimate of drug-likeness (QED) is 0.831. The number of hydrogen-bond acceptors (Lipinski definition) is 5. The van der Waals surface area contributed by atoms with Crippen LogP contribution in [0.15, 0.2) is 29.6 Å². The maximum atomic E-state index is 12.3. The van der Waals surface area contributed by atoms with Gasteiger partial charge in [-0.2, -0.15) is 5.10 Å². The Morgan fingerprint density at radius 2 is 2.33 bits per heavy atom. The molecule has 0 bridgehead atoms. The molecule has 1 amide bonds. The van der Waals surface area contributed by atoms with Crippen LogP contribution in [0.5, 0.6) is 5.75 Å². The van der Waals surface area contributed by atoms with Gasteiger partial charge in [-0.3, -0.25) is 9.48 Å². The number of carbonyl (C=O) groups is 1. The van der Waals surface area contributed by atoms with E-state index in [9.17, 15) is 9.90 Å². The average Bonchev–Trinajstić information content (AvgIpc) is 3.17. The van der Waals surface area contributed by atoms with Crippen molar-refractivity contribution in [2.45, 2.75) is 32.9 Å². The number of nitrogens with zero attached hydrogens (tertiary/aromatic N) is 3. The van der Waals surface area contributed by atoms with Crippen molar-refractivity contribution >= 4 is 28.9 Å². The topological polar surface area (TPSA) is 88.7 Å². The Bertz CT molecular complexity index is 816. The van der Waals surface area contributed by atoms with Crippen molar-refractivity contribution in [3.05, 3.63) is 40.7 Å². The van der Waals surface area contributed by atoms with Crippen LogP contribution in [-0.2, 0) is 16.2 Å². The van der Waals surface area contributed by atoms with Gasteiger partial charge in [-0.1, -0.05) is 16.8 Å². The zero-order valence-corrected chi connectivity index (χ0v) is 14.0. The fourth-order valence-electron chi connectivity index (χ4n) is 2.55. The van der Waals surface area contributed by atoms with Crippen LogP contribution in [-0.4, -0.2) is 32.6 Å². The number of rotatable bonds is 4. The number of anilines is 1. The van der Waals surface area contributed by atoms with E-state index in [1.54, 1.807) is 6.20 Å². The van der Waals surface area contributed by atoms with E-state index >= 15 is 0 Å². The van der Waals surface area contributed by atoms with E-state index in [-0.39, 0.29) is 11.4 Å². The van der Waals surface area contributed by atoms with Crippen LogP contribution in [0.25, 0.3) is 0 Å². The first-order chi connectivity index (χ1) is 11.5. The van der Waals surface area contributed by atoms with Crippen molar-refractivity contribution in [2.75, 3.05) is 5.32 Å². The summed E-state index contributed by atoms with van der Waals surface area (Å²) in [5.41, 5.74) is 2.77. The molecule has 0 saturated carbocycles. The van der Waals surface area contributed by atoms with E-state index in [0.717, 1.165) is 17.8 Å². The molecule has 7 nitrogen and oxygen atoms in total. The van der Waals surface area contributed by atoms with Crippen LogP contribution in [0.3, 0.4) is 0 Å². The summed E-state index contributed by atoms with van der Waals surface area (Å²) in [4.78, 5) is 17.6. The Kier molecular flexibility index (Phi) is 4.44. The average molecular weight is 349 g/mol. The van der Waals surface area contributed by atoms with Gasteiger partial charge < -0.3 is 15.3 Å². The van der Waals surface area contributed by atoms with Gasteiger partial charge in [0.2, 0.25) is 6.10 Å². The zero-order valence-electron chi connectivity index (χ0n) is 13.3. The standard InChI is InChI=1S/C16H17ClN4O3/c1-3-21-9(2)11(8-18-21)12-7-15(24-20-12)16(23)19-13-6-10(17)4-5-14(13)22/h4-6,8,15,22H,3,7H2,1-2H3,(H,19,23)/t15-/m0/s1. The Morgan fingerprint density at radius 1 is 1.54 bits per heavy atom. The number of benzene rings is 1. The molecule has 2 aromatic rings. The van der Waals surface area contributed by atoms with Crippen molar-refractivity contribution in [1.82, 2.24) is 9.78 Å². The van der Waals surface area contributed by atoms with Gasteiger partial charge in [0.05, 0.1) is 17.6 Å². The largest absolute Gasteiger partial charge is 0.506 e. The van der Waals surface area contributed by atoms with E-state index in [4.69, 9.17) is 16.4 Å². The molecule has 0 spiro atoms. The number of aromatic nitrogens is 2. The van der Waals surface area contributed by atoms with Crippen molar-refractivity contribution in [3.63, 3.8) is 0 Å². The third-order valence-electron chi connectivity index (χ3n) is 3.89. The molecular formula is C16H17ClN4O3. The highest BCUT2D eigenvalue weighted by molar-refractivity contribution is 6.31. The summed E-state index contributed by atoms with van der Waals surface area (Å²) in [5.74, 6) is -0.459. The SMILES string of the molecule is CCn1ncc(C2=NO[C@H](C(=O)Nc3cc(Cl)ccc3O)C2)c1C. The van der Waals surface area contributed by atoms with Gasteiger partial charge in [0, 0.05) is 29.2 Å². The second kappa shape index (κ2) is 6.52. The lowest BCUT2D eigenvalue weighted by Crippen LogP contribution is -2.28. The predicted octanol–water partition coefficient (Wildman–Crippen LogP) is 2.70. The van der Waals surface area contributed by atoms with Crippen molar-refractivity contribution < 1.29 is 14.7 Å². The molecule has 1 aromatic carbocycles. The number of halogens is 1. The van der Waals surface area contributed by atoms with Crippen molar-refractivity contribution in [1.29, 1.82) is 0 Å². The highest BCUT2D eigenvalue weighted by atomic mass is 35.5. The van der Waals surface area contributed by atoms with E-state index in [0.29, 0.717) is 17.2 Å². The molecule has 1 atom stereocenters. The van der Waals surface area contributed by atoms with E-state index in [1.807, 2.05) is 18.5 Å². The molecule has 1 aromatic heterocycles. The normalized spacial score (nSPS) is 16.6. The van der Waals surface area contributed by atoms with Crippen LogP contribution in [0, 0.1) is 6.92 Å². The molecule has 126 valence electrons. The number of oxime groups is 1. The molecule has 3 rings (SSSR count). The van der Waals surface area contributed by atoms with E-state index < -0.39 is 12.0 Å².